The van der Waals surface area contributed by atoms with E-state index in [4.69, 9.17) is 22.7 Å². The van der Waals surface area contributed by atoms with Crippen LogP contribution >= 0.6 is 11.6 Å². The number of amidine groups is 1. The Balaban J connectivity index is 2.37. The van der Waals surface area contributed by atoms with E-state index in [2.05, 4.69) is 23.7 Å². The fourth-order valence-corrected chi connectivity index (χ4v) is 3.18. The van der Waals surface area contributed by atoms with Crippen LogP contribution in [0.5, 0.6) is 0 Å². The summed E-state index contributed by atoms with van der Waals surface area (Å²) in [5.41, 5.74) is 6.16. The van der Waals surface area contributed by atoms with Gasteiger partial charge in [0.25, 0.3) is 0 Å². The van der Waals surface area contributed by atoms with E-state index in [0.29, 0.717) is 22.5 Å². The molecule has 0 radical (unpaired) electrons. The minimum Gasteiger partial charge on any atom is -0.384 e. The largest absolute Gasteiger partial charge is 0.384 e. The number of anilines is 1. The molecule has 0 aromatic carbocycles. The molecule has 20 heavy (non-hydrogen) atoms. The Kier molecular flexibility index (Phi) is 4.86. The van der Waals surface area contributed by atoms with E-state index < -0.39 is 0 Å². The van der Waals surface area contributed by atoms with Crippen molar-refractivity contribution in [2.24, 2.45) is 11.7 Å². The molecular formula is C15H23ClN4. The van der Waals surface area contributed by atoms with Gasteiger partial charge in [0.15, 0.2) is 0 Å². The van der Waals surface area contributed by atoms with Crippen molar-refractivity contribution in [2.75, 3.05) is 11.4 Å². The van der Waals surface area contributed by atoms with Crippen molar-refractivity contribution < 1.29 is 0 Å². The maximum atomic E-state index is 7.61. The van der Waals surface area contributed by atoms with Crippen molar-refractivity contribution in [2.45, 2.75) is 45.6 Å². The van der Waals surface area contributed by atoms with E-state index >= 15 is 0 Å². The van der Waals surface area contributed by atoms with Gasteiger partial charge in [0.05, 0.1) is 5.02 Å². The van der Waals surface area contributed by atoms with Crippen molar-refractivity contribution in [3.63, 3.8) is 0 Å². The van der Waals surface area contributed by atoms with Crippen molar-refractivity contribution in [1.29, 1.82) is 5.41 Å². The van der Waals surface area contributed by atoms with Crippen LogP contribution in [0.2, 0.25) is 5.02 Å². The van der Waals surface area contributed by atoms with Crippen LogP contribution in [0.3, 0.4) is 0 Å². The molecule has 0 aliphatic heterocycles. The molecule has 1 aromatic heterocycles. The summed E-state index contributed by atoms with van der Waals surface area (Å²) in [7, 11) is 0. The van der Waals surface area contributed by atoms with E-state index in [9.17, 15) is 0 Å². The lowest BCUT2D eigenvalue weighted by Gasteiger charge is -2.32. The van der Waals surface area contributed by atoms with Gasteiger partial charge in [-0.05, 0) is 24.8 Å². The molecule has 4 nitrogen and oxygen atoms in total. The van der Waals surface area contributed by atoms with Gasteiger partial charge in [-0.3, -0.25) is 5.41 Å². The quantitative estimate of drug-likeness (QED) is 0.646. The normalized spacial score (nSPS) is 15.8. The highest BCUT2D eigenvalue weighted by atomic mass is 35.5. The molecule has 1 saturated carbocycles. The maximum Gasteiger partial charge on any atom is 0.148 e. The van der Waals surface area contributed by atoms with Gasteiger partial charge in [0, 0.05) is 24.3 Å². The van der Waals surface area contributed by atoms with Crippen LogP contribution in [0, 0.1) is 11.3 Å². The monoisotopic (exact) mass is 294 g/mol. The number of hydrogen-bond acceptors (Lipinski definition) is 3. The molecule has 1 aliphatic carbocycles. The number of hydrogen-bond donors (Lipinski definition) is 2. The van der Waals surface area contributed by atoms with Gasteiger partial charge in [-0.2, -0.15) is 0 Å². The number of aromatic nitrogens is 1. The lowest BCUT2D eigenvalue weighted by atomic mass is 10.1. The maximum absolute atomic E-state index is 7.61. The summed E-state index contributed by atoms with van der Waals surface area (Å²) in [6.07, 6.45) is 6.61. The number of halogens is 1. The first kappa shape index (κ1) is 15.1. The van der Waals surface area contributed by atoms with Gasteiger partial charge in [-0.15, -0.1) is 0 Å². The van der Waals surface area contributed by atoms with E-state index in [0.717, 1.165) is 12.4 Å². The predicted octanol–water partition coefficient (Wildman–Crippen LogP) is 3.42. The molecule has 2 rings (SSSR count). The smallest absolute Gasteiger partial charge is 0.148 e. The third kappa shape index (κ3) is 3.23. The van der Waals surface area contributed by atoms with E-state index in [-0.39, 0.29) is 5.84 Å². The van der Waals surface area contributed by atoms with Crippen molar-refractivity contribution in [1.82, 2.24) is 4.98 Å². The van der Waals surface area contributed by atoms with Gasteiger partial charge in [-0.25, -0.2) is 4.98 Å². The number of pyridine rings is 1. The SMILES string of the molecule is CC(C)CN(c1nccc(C(=N)N)c1Cl)C1CCCC1. The number of nitrogens with two attached hydrogens (primary N) is 1. The van der Waals surface area contributed by atoms with Crippen LogP contribution in [-0.4, -0.2) is 23.4 Å². The molecule has 0 amide bonds. The number of nitrogen functional groups attached to an aromatic ring is 1. The third-order valence-electron chi connectivity index (χ3n) is 3.76. The molecule has 1 aromatic rings. The highest BCUT2D eigenvalue weighted by Gasteiger charge is 2.26. The number of rotatable bonds is 5. The third-order valence-corrected chi connectivity index (χ3v) is 4.13. The first-order chi connectivity index (χ1) is 9.50. The average molecular weight is 295 g/mol. The van der Waals surface area contributed by atoms with Gasteiger partial charge >= 0.3 is 0 Å². The summed E-state index contributed by atoms with van der Waals surface area (Å²) < 4.78 is 0. The summed E-state index contributed by atoms with van der Waals surface area (Å²) in [6.45, 7) is 5.33. The molecule has 1 aliphatic rings. The zero-order valence-electron chi connectivity index (χ0n) is 12.2. The number of nitrogens with one attached hydrogen (secondary N) is 1. The average Bonchev–Trinajstić information content (AvgIpc) is 2.89. The van der Waals surface area contributed by atoms with E-state index in [1.54, 1.807) is 12.3 Å². The molecule has 1 heterocycles. The van der Waals surface area contributed by atoms with Crippen LogP contribution in [0.25, 0.3) is 0 Å². The number of nitrogens with zero attached hydrogens (tertiary/aromatic N) is 2. The fourth-order valence-electron chi connectivity index (χ4n) is 2.86. The molecule has 0 saturated heterocycles. The molecule has 110 valence electrons. The lowest BCUT2D eigenvalue weighted by molar-refractivity contribution is 0.531. The Bertz CT molecular complexity index is 481. The van der Waals surface area contributed by atoms with Crippen molar-refractivity contribution in [3.8, 4) is 0 Å². The van der Waals surface area contributed by atoms with Gasteiger partial charge in [0.2, 0.25) is 0 Å². The molecule has 3 N–H and O–H groups in total. The lowest BCUT2D eigenvalue weighted by Crippen LogP contribution is -2.37. The molecular weight excluding hydrogens is 272 g/mol. The minimum absolute atomic E-state index is 0.00503. The second-order valence-corrected chi connectivity index (χ2v) is 6.27. The second-order valence-electron chi connectivity index (χ2n) is 5.89. The van der Waals surface area contributed by atoms with Gasteiger partial charge < -0.3 is 10.6 Å². The zero-order valence-corrected chi connectivity index (χ0v) is 13.0. The molecule has 1 fully saturated rings. The Morgan fingerprint density at radius 3 is 2.70 bits per heavy atom. The van der Waals surface area contributed by atoms with Crippen LogP contribution in [-0.2, 0) is 0 Å². The molecule has 0 spiro atoms. The second kappa shape index (κ2) is 6.44. The highest BCUT2D eigenvalue weighted by molar-refractivity contribution is 6.36. The van der Waals surface area contributed by atoms with Gasteiger partial charge in [0.1, 0.15) is 11.7 Å². The first-order valence-corrected chi connectivity index (χ1v) is 7.64. The summed E-state index contributed by atoms with van der Waals surface area (Å²) in [5, 5.41) is 8.12. The Morgan fingerprint density at radius 1 is 1.50 bits per heavy atom. The molecule has 0 bridgehead atoms. The van der Waals surface area contributed by atoms with Crippen LogP contribution in [0.4, 0.5) is 5.82 Å². The minimum atomic E-state index is -0.00503. The van der Waals surface area contributed by atoms with Crippen LogP contribution < -0.4 is 10.6 Å². The van der Waals surface area contributed by atoms with E-state index in [1.807, 2.05) is 0 Å². The summed E-state index contributed by atoms with van der Waals surface area (Å²) in [5.74, 6) is 1.31. The van der Waals surface area contributed by atoms with Crippen LogP contribution in [0.15, 0.2) is 12.3 Å². The standard InChI is InChI=1S/C15H23ClN4/c1-10(2)9-20(11-5-3-4-6-11)15-13(16)12(14(17)18)7-8-19-15/h7-8,10-11H,3-6,9H2,1-2H3,(H3,17,18). The topological polar surface area (TPSA) is 66.0 Å². The Labute approximate surface area is 125 Å². The van der Waals surface area contributed by atoms with Gasteiger partial charge in [-0.1, -0.05) is 38.3 Å². The first-order valence-electron chi connectivity index (χ1n) is 7.26. The summed E-state index contributed by atoms with van der Waals surface area (Å²) >= 11 is 6.44. The Morgan fingerprint density at radius 2 is 2.15 bits per heavy atom. The van der Waals surface area contributed by atoms with Crippen molar-refractivity contribution >= 4 is 23.3 Å². The predicted molar refractivity (Wildman–Crippen MR) is 84.7 cm³/mol. The summed E-state index contributed by atoms with van der Waals surface area (Å²) in [6, 6.07) is 2.21. The zero-order chi connectivity index (χ0) is 14.7. The molecule has 0 unspecified atom stereocenters. The van der Waals surface area contributed by atoms with E-state index in [1.165, 1.54) is 25.7 Å². The summed E-state index contributed by atoms with van der Waals surface area (Å²) in [4.78, 5) is 6.77. The fraction of sp³-hybridized carbons (Fsp3) is 0.600. The van der Waals surface area contributed by atoms with Crippen LogP contribution in [0.1, 0.15) is 45.1 Å². The molecule has 0 atom stereocenters. The molecule has 5 heteroatoms. The Hall–Kier alpha value is -1.29. The van der Waals surface area contributed by atoms with Crippen molar-refractivity contribution in [3.05, 3.63) is 22.8 Å². The highest BCUT2D eigenvalue weighted by Crippen LogP contribution is 2.33.